The summed E-state index contributed by atoms with van der Waals surface area (Å²) in [6.07, 6.45) is 0.689. The van der Waals surface area contributed by atoms with Crippen molar-refractivity contribution in [3.8, 4) is 0 Å². The van der Waals surface area contributed by atoms with Gasteiger partial charge in [-0.2, -0.15) is 0 Å². The summed E-state index contributed by atoms with van der Waals surface area (Å²) in [6, 6.07) is 6.34. The van der Waals surface area contributed by atoms with E-state index in [0.29, 0.717) is 11.9 Å². The molecule has 6 nitrogen and oxygen atoms in total. The molecule has 0 atom stereocenters. The molecule has 0 saturated heterocycles. The minimum absolute atomic E-state index is 0.227. The van der Waals surface area contributed by atoms with Gasteiger partial charge in [-0.05, 0) is 12.1 Å². The molecule has 0 aliphatic carbocycles. The van der Waals surface area contributed by atoms with Gasteiger partial charge >= 0.3 is 5.97 Å². The summed E-state index contributed by atoms with van der Waals surface area (Å²) >= 11 is 0. The number of amides is 1. The van der Waals surface area contributed by atoms with Crippen molar-refractivity contribution < 1.29 is 19.5 Å². The molecule has 0 unspecified atom stereocenters. The van der Waals surface area contributed by atoms with Gasteiger partial charge in [-0.3, -0.25) is 4.79 Å². The van der Waals surface area contributed by atoms with E-state index in [0.717, 1.165) is 0 Å². The second-order valence-corrected chi connectivity index (χ2v) is 2.77. The van der Waals surface area contributed by atoms with Crippen LogP contribution in [0, 0.1) is 0 Å². The van der Waals surface area contributed by atoms with Crippen LogP contribution in [0.15, 0.2) is 29.4 Å². The molecule has 84 valence electrons. The van der Waals surface area contributed by atoms with Crippen molar-refractivity contribution in [3.05, 3.63) is 29.8 Å². The van der Waals surface area contributed by atoms with Crippen molar-refractivity contribution >= 4 is 23.8 Å². The lowest BCUT2D eigenvalue weighted by molar-refractivity contribution is -0.110. The van der Waals surface area contributed by atoms with E-state index in [-0.39, 0.29) is 5.56 Å². The van der Waals surface area contributed by atoms with E-state index in [4.69, 9.17) is 5.21 Å². The molecule has 6 heteroatoms. The number of nitrogens with one attached hydrogen (secondary N) is 1. The first-order valence-electron chi connectivity index (χ1n) is 4.34. The Bertz CT molecular complexity index is 429. The first-order chi connectivity index (χ1) is 7.69. The second kappa shape index (κ2) is 5.50. The Kier molecular flexibility index (Phi) is 4.02. The van der Waals surface area contributed by atoms with Crippen LogP contribution < -0.4 is 5.32 Å². The van der Waals surface area contributed by atoms with Crippen LogP contribution in [0.5, 0.6) is 0 Å². The average molecular weight is 222 g/mol. The highest BCUT2D eigenvalue weighted by Gasteiger charge is 2.12. The Balaban J connectivity index is 2.95. The van der Waals surface area contributed by atoms with E-state index >= 15 is 0 Å². The van der Waals surface area contributed by atoms with Crippen molar-refractivity contribution in [1.29, 1.82) is 0 Å². The van der Waals surface area contributed by atoms with Gasteiger partial charge in [0.1, 0.15) is 6.21 Å². The molecule has 0 spiro atoms. The van der Waals surface area contributed by atoms with Crippen LogP contribution in [0.4, 0.5) is 5.69 Å². The van der Waals surface area contributed by atoms with Gasteiger partial charge in [-0.1, -0.05) is 17.3 Å². The quantitative estimate of drug-likeness (QED) is 0.344. The van der Waals surface area contributed by atoms with E-state index in [1.807, 2.05) is 0 Å². The average Bonchev–Trinajstić information content (AvgIpc) is 2.29. The van der Waals surface area contributed by atoms with E-state index in [2.05, 4.69) is 15.2 Å². The molecule has 1 amide bonds. The summed E-state index contributed by atoms with van der Waals surface area (Å²) in [6.45, 7) is 0. The number of para-hydroxylation sites is 1. The number of hydrogen-bond donors (Lipinski definition) is 2. The zero-order chi connectivity index (χ0) is 12.0. The molecular weight excluding hydrogens is 212 g/mol. The number of hydrogen-bond acceptors (Lipinski definition) is 5. The van der Waals surface area contributed by atoms with Crippen molar-refractivity contribution in [2.24, 2.45) is 5.16 Å². The fourth-order valence-electron chi connectivity index (χ4n) is 1.10. The lowest BCUT2D eigenvalue weighted by Crippen LogP contribution is -2.15. The van der Waals surface area contributed by atoms with Gasteiger partial charge in [0, 0.05) is 0 Å². The molecule has 0 bridgehead atoms. The summed E-state index contributed by atoms with van der Waals surface area (Å²) in [4.78, 5) is 22.4. The minimum Gasteiger partial charge on any atom is -0.465 e. The summed E-state index contributed by atoms with van der Waals surface area (Å²) in [5, 5.41) is 13.1. The first-order valence-corrected chi connectivity index (χ1v) is 4.34. The molecule has 16 heavy (non-hydrogen) atoms. The topological polar surface area (TPSA) is 88.0 Å². The van der Waals surface area contributed by atoms with Gasteiger partial charge in [0.15, 0.2) is 0 Å². The minimum atomic E-state index is -0.640. The van der Waals surface area contributed by atoms with Crippen molar-refractivity contribution in [1.82, 2.24) is 0 Å². The molecule has 0 saturated carbocycles. The standard InChI is InChI=1S/C10H10N2O4/c1-16-10(14)7-4-2-3-5-8(7)12-9(13)6-11-15/h2-6,15H,1H3,(H,12,13)/b11-6-. The van der Waals surface area contributed by atoms with E-state index in [9.17, 15) is 9.59 Å². The number of nitrogens with zero attached hydrogens (tertiary/aromatic N) is 1. The molecule has 0 radical (unpaired) electrons. The van der Waals surface area contributed by atoms with Gasteiger partial charge in [0.25, 0.3) is 5.91 Å². The van der Waals surface area contributed by atoms with Gasteiger partial charge in [-0.25, -0.2) is 4.79 Å². The highest BCUT2D eigenvalue weighted by molar-refractivity contribution is 6.32. The number of benzene rings is 1. The summed E-state index contributed by atoms with van der Waals surface area (Å²) in [5.41, 5.74) is 0.518. The van der Waals surface area contributed by atoms with Gasteiger partial charge in [0.05, 0.1) is 18.4 Å². The molecule has 1 aromatic carbocycles. The van der Waals surface area contributed by atoms with Crippen LogP contribution in [0.2, 0.25) is 0 Å². The number of rotatable bonds is 3. The predicted octanol–water partition coefficient (Wildman–Crippen LogP) is 0.872. The normalized spacial score (nSPS) is 10.1. The zero-order valence-electron chi connectivity index (χ0n) is 8.51. The van der Waals surface area contributed by atoms with Crippen molar-refractivity contribution in [2.45, 2.75) is 0 Å². The van der Waals surface area contributed by atoms with E-state index < -0.39 is 11.9 Å². The number of oxime groups is 1. The van der Waals surface area contributed by atoms with Crippen LogP contribution in [0.1, 0.15) is 10.4 Å². The van der Waals surface area contributed by atoms with Crippen LogP contribution >= 0.6 is 0 Å². The smallest absolute Gasteiger partial charge is 0.339 e. The Morgan fingerprint density at radius 2 is 2.12 bits per heavy atom. The van der Waals surface area contributed by atoms with Crippen LogP contribution in [-0.2, 0) is 9.53 Å². The van der Waals surface area contributed by atoms with Crippen LogP contribution in [0.25, 0.3) is 0 Å². The Hall–Kier alpha value is -2.37. The van der Waals surface area contributed by atoms with Crippen LogP contribution in [-0.4, -0.2) is 30.4 Å². The number of esters is 1. The molecule has 0 aliphatic heterocycles. The Morgan fingerprint density at radius 3 is 2.75 bits per heavy atom. The number of carbonyl (C=O) groups is 2. The maximum atomic E-state index is 11.3. The lowest BCUT2D eigenvalue weighted by Gasteiger charge is -2.07. The number of methoxy groups -OCH3 is 1. The van der Waals surface area contributed by atoms with E-state index in [1.165, 1.54) is 19.2 Å². The second-order valence-electron chi connectivity index (χ2n) is 2.77. The molecule has 0 aromatic heterocycles. The number of carbonyl (C=O) groups excluding carboxylic acids is 2. The molecule has 0 fully saturated rings. The maximum absolute atomic E-state index is 11.3. The Labute approximate surface area is 91.5 Å². The fourth-order valence-corrected chi connectivity index (χ4v) is 1.10. The lowest BCUT2D eigenvalue weighted by atomic mass is 10.2. The van der Waals surface area contributed by atoms with Crippen molar-refractivity contribution in [3.63, 3.8) is 0 Å². The summed E-state index contributed by atoms with van der Waals surface area (Å²) in [7, 11) is 1.25. The first kappa shape index (κ1) is 11.7. The predicted molar refractivity (Wildman–Crippen MR) is 56.7 cm³/mol. The van der Waals surface area contributed by atoms with Crippen LogP contribution in [0.3, 0.4) is 0 Å². The summed E-state index contributed by atoms with van der Waals surface area (Å²) in [5.74, 6) is -1.20. The third kappa shape index (κ3) is 2.81. The molecule has 1 rings (SSSR count). The van der Waals surface area contributed by atoms with E-state index in [1.54, 1.807) is 12.1 Å². The monoisotopic (exact) mass is 222 g/mol. The van der Waals surface area contributed by atoms with Gasteiger partial charge in [0.2, 0.25) is 0 Å². The maximum Gasteiger partial charge on any atom is 0.339 e. The highest BCUT2D eigenvalue weighted by Crippen LogP contribution is 2.15. The SMILES string of the molecule is COC(=O)c1ccccc1NC(=O)/C=N\O. The third-order valence-corrected chi connectivity index (χ3v) is 1.77. The molecule has 2 N–H and O–H groups in total. The highest BCUT2D eigenvalue weighted by atomic mass is 16.5. The molecule has 1 aromatic rings. The number of ether oxygens (including phenoxy) is 1. The molecule has 0 aliphatic rings. The zero-order valence-corrected chi connectivity index (χ0v) is 8.51. The summed E-state index contributed by atoms with van der Waals surface area (Å²) < 4.78 is 4.55. The number of anilines is 1. The molecule has 0 heterocycles. The largest absolute Gasteiger partial charge is 0.465 e. The van der Waals surface area contributed by atoms with Crippen molar-refractivity contribution in [2.75, 3.05) is 12.4 Å². The van der Waals surface area contributed by atoms with Gasteiger partial charge < -0.3 is 15.3 Å². The third-order valence-electron chi connectivity index (χ3n) is 1.77. The molecular formula is C10H10N2O4. The fraction of sp³-hybridized carbons (Fsp3) is 0.100. The Morgan fingerprint density at radius 1 is 1.44 bits per heavy atom. The van der Waals surface area contributed by atoms with Gasteiger partial charge in [-0.15, -0.1) is 0 Å².